The summed E-state index contributed by atoms with van der Waals surface area (Å²) in [6.45, 7) is 5.06. The molecule has 2 saturated heterocycles. The molecule has 18 heavy (non-hydrogen) atoms. The van der Waals surface area contributed by atoms with Gasteiger partial charge in [0.25, 0.3) is 0 Å². The number of likely N-dealkylation sites (tertiary alicyclic amines) is 2. The highest BCUT2D eigenvalue weighted by Gasteiger charge is 2.26. The smallest absolute Gasteiger partial charge is 0.236 e. The molecule has 2 aliphatic heterocycles. The zero-order valence-corrected chi connectivity index (χ0v) is 11.4. The molecule has 0 bridgehead atoms. The summed E-state index contributed by atoms with van der Waals surface area (Å²) in [5, 5.41) is 0. The highest BCUT2D eigenvalue weighted by Crippen LogP contribution is 2.19. The molecule has 2 rings (SSSR count). The number of carbonyl (C=O) groups is 2. The summed E-state index contributed by atoms with van der Waals surface area (Å²) in [5.74, 6) is 0.506. The Morgan fingerprint density at radius 2 is 1.94 bits per heavy atom. The summed E-state index contributed by atoms with van der Waals surface area (Å²) in [6, 6.07) is 0.578. The third-order valence-electron chi connectivity index (χ3n) is 4.23. The number of amides is 1. The second-order valence-electron chi connectivity index (χ2n) is 5.45. The van der Waals surface area contributed by atoms with Crippen LogP contribution in [0.4, 0.5) is 0 Å². The number of piperidine rings is 2. The Balaban J connectivity index is 1.84. The van der Waals surface area contributed by atoms with Crippen LogP contribution >= 0.6 is 0 Å². The van der Waals surface area contributed by atoms with Gasteiger partial charge in [0.1, 0.15) is 5.78 Å². The molecular formula is C14H24N2O2. The molecule has 0 aliphatic carbocycles. The van der Waals surface area contributed by atoms with Gasteiger partial charge in [0.15, 0.2) is 0 Å². The third-order valence-corrected chi connectivity index (χ3v) is 4.23. The maximum absolute atomic E-state index is 12.2. The lowest BCUT2D eigenvalue weighted by molar-refractivity contribution is -0.136. The quantitative estimate of drug-likeness (QED) is 0.763. The molecule has 0 aromatic heterocycles. The fraction of sp³-hybridized carbons (Fsp3) is 0.857. The van der Waals surface area contributed by atoms with E-state index in [0.29, 0.717) is 44.3 Å². The van der Waals surface area contributed by atoms with Gasteiger partial charge in [-0.25, -0.2) is 0 Å². The van der Waals surface area contributed by atoms with E-state index in [0.717, 1.165) is 13.0 Å². The normalized spacial score (nSPS) is 26.4. The first-order valence-corrected chi connectivity index (χ1v) is 7.24. The van der Waals surface area contributed by atoms with Gasteiger partial charge < -0.3 is 4.90 Å². The van der Waals surface area contributed by atoms with E-state index in [4.69, 9.17) is 0 Å². The predicted molar refractivity (Wildman–Crippen MR) is 70.3 cm³/mol. The van der Waals surface area contributed by atoms with Crippen molar-refractivity contribution in [3.8, 4) is 0 Å². The van der Waals surface area contributed by atoms with Gasteiger partial charge in [0.2, 0.25) is 5.91 Å². The maximum Gasteiger partial charge on any atom is 0.236 e. The third kappa shape index (κ3) is 3.31. The number of carbonyl (C=O) groups excluding carboxylic acids is 2. The Bertz CT molecular complexity index is 307. The Morgan fingerprint density at radius 1 is 1.22 bits per heavy atom. The van der Waals surface area contributed by atoms with Crippen LogP contribution in [0, 0.1) is 0 Å². The topological polar surface area (TPSA) is 40.6 Å². The fourth-order valence-corrected chi connectivity index (χ4v) is 3.01. The van der Waals surface area contributed by atoms with Crippen molar-refractivity contribution in [2.75, 3.05) is 26.2 Å². The van der Waals surface area contributed by atoms with E-state index in [2.05, 4.69) is 11.8 Å². The molecule has 2 fully saturated rings. The van der Waals surface area contributed by atoms with E-state index in [9.17, 15) is 9.59 Å². The van der Waals surface area contributed by atoms with E-state index in [1.54, 1.807) is 0 Å². The van der Waals surface area contributed by atoms with Gasteiger partial charge in [-0.3, -0.25) is 14.5 Å². The summed E-state index contributed by atoms with van der Waals surface area (Å²) < 4.78 is 0. The first kappa shape index (κ1) is 13.5. The summed E-state index contributed by atoms with van der Waals surface area (Å²) in [6.07, 6.45) is 5.95. The molecular weight excluding hydrogens is 228 g/mol. The van der Waals surface area contributed by atoms with Crippen LogP contribution in [0.1, 0.15) is 45.4 Å². The van der Waals surface area contributed by atoms with Gasteiger partial charge in [-0.15, -0.1) is 0 Å². The van der Waals surface area contributed by atoms with E-state index in [-0.39, 0.29) is 5.91 Å². The second-order valence-corrected chi connectivity index (χ2v) is 5.45. The van der Waals surface area contributed by atoms with E-state index >= 15 is 0 Å². The molecule has 1 amide bonds. The molecule has 1 atom stereocenters. The molecule has 4 nitrogen and oxygen atoms in total. The first-order valence-electron chi connectivity index (χ1n) is 7.24. The molecule has 2 heterocycles. The predicted octanol–water partition coefficient (Wildman–Crippen LogP) is 1.44. The standard InChI is InChI=1S/C14H24N2O2/c1-2-12-5-3-4-8-16(12)11-14(18)15-9-6-13(17)7-10-15/h12H,2-11H2,1H3. The van der Waals surface area contributed by atoms with Gasteiger partial charge >= 0.3 is 0 Å². The van der Waals surface area contributed by atoms with E-state index in [1.165, 1.54) is 19.3 Å². The lowest BCUT2D eigenvalue weighted by atomic mass is 10.00. The number of ketones is 1. The van der Waals surface area contributed by atoms with E-state index in [1.807, 2.05) is 4.90 Å². The SMILES string of the molecule is CCC1CCCCN1CC(=O)N1CCC(=O)CC1. The van der Waals surface area contributed by atoms with Crippen LogP contribution in [0.5, 0.6) is 0 Å². The Morgan fingerprint density at radius 3 is 2.61 bits per heavy atom. The molecule has 0 aromatic rings. The zero-order chi connectivity index (χ0) is 13.0. The van der Waals surface area contributed by atoms with Crippen LogP contribution in [-0.2, 0) is 9.59 Å². The molecule has 4 heteroatoms. The molecule has 0 spiro atoms. The average molecular weight is 252 g/mol. The Kier molecular flexibility index (Phi) is 4.75. The summed E-state index contributed by atoms with van der Waals surface area (Å²) >= 11 is 0. The van der Waals surface area contributed by atoms with Crippen molar-refractivity contribution in [1.82, 2.24) is 9.80 Å². The largest absolute Gasteiger partial charge is 0.341 e. The molecule has 0 radical (unpaired) electrons. The van der Waals surface area contributed by atoms with Crippen molar-refractivity contribution in [3.05, 3.63) is 0 Å². The Labute approximate surface area is 109 Å². The van der Waals surface area contributed by atoms with Crippen molar-refractivity contribution >= 4 is 11.7 Å². The molecule has 0 saturated carbocycles. The van der Waals surface area contributed by atoms with Crippen LogP contribution < -0.4 is 0 Å². The highest BCUT2D eigenvalue weighted by molar-refractivity contribution is 5.84. The number of Topliss-reactive ketones (excluding diaryl/α,β-unsaturated/α-hetero) is 1. The molecule has 102 valence electrons. The van der Waals surface area contributed by atoms with Crippen LogP contribution in [0.25, 0.3) is 0 Å². The summed E-state index contributed by atoms with van der Waals surface area (Å²) in [7, 11) is 0. The number of nitrogens with zero attached hydrogens (tertiary/aromatic N) is 2. The van der Waals surface area contributed by atoms with Gasteiger partial charge in [0.05, 0.1) is 6.54 Å². The lowest BCUT2D eigenvalue weighted by Crippen LogP contribution is -2.48. The highest BCUT2D eigenvalue weighted by atomic mass is 16.2. The fourth-order valence-electron chi connectivity index (χ4n) is 3.01. The molecule has 1 unspecified atom stereocenters. The summed E-state index contributed by atoms with van der Waals surface area (Å²) in [5.41, 5.74) is 0. The monoisotopic (exact) mass is 252 g/mol. The molecule has 0 N–H and O–H groups in total. The maximum atomic E-state index is 12.2. The number of hydrogen-bond acceptors (Lipinski definition) is 3. The van der Waals surface area contributed by atoms with Gasteiger partial charge in [-0.1, -0.05) is 13.3 Å². The minimum atomic E-state index is 0.211. The average Bonchev–Trinajstić information content (AvgIpc) is 2.40. The van der Waals surface area contributed by atoms with Crippen LogP contribution in [0.3, 0.4) is 0 Å². The summed E-state index contributed by atoms with van der Waals surface area (Å²) in [4.78, 5) is 27.6. The van der Waals surface area contributed by atoms with Gasteiger partial charge in [-0.05, 0) is 25.8 Å². The van der Waals surface area contributed by atoms with Crippen LogP contribution in [0.2, 0.25) is 0 Å². The molecule has 2 aliphatic rings. The van der Waals surface area contributed by atoms with Gasteiger partial charge in [0, 0.05) is 32.0 Å². The van der Waals surface area contributed by atoms with Crippen molar-refractivity contribution in [2.24, 2.45) is 0 Å². The van der Waals surface area contributed by atoms with Crippen molar-refractivity contribution in [1.29, 1.82) is 0 Å². The number of rotatable bonds is 3. The van der Waals surface area contributed by atoms with Gasteiger partial charge in [-0.2, -0.15) is 0 Å². The first-order chi connectivity index (χ1) is 8.70. The lowest BCUT2D eigenvalue weighted by Gasteiger charge is -2.36. The Hall–Kier alpha value is -0.900. The van der Waals surface area contributed by atoms with Crippen molar-refractivity contribution in [2.45, 2.75) is 51.5 Å². The van der Waals surface area contributed by atoms with E-state index < -0.39 is 0 Å². The minimum Gasteiger partial charge on any atom is -0.341 e. The van der Waals surface area contributed by atoms with Crippen molar-refractivity contribution in [3.63, 3.8) is 0 Å². The second kappa shape index (κ2) is 6.32. The van der Waals surface area contributed by atoms with Crippen LogP contribution in [0.15, 0.2) is 0 Å². The van der Waals surface area contributed by atoms with Crippen molar-refractivity contribution < 1.29 is 9.59 Å². The number of hydrogen-bond donors (Lipinski definition) is 0. The zero-order valence-electron chi connectivity index (χ0n) is 11.4. The minimum absolute atomic E-state index is 0.211. The van der Waals surface area contributed by atoms with Crippen LogP contribution in [-0.4, -0.2) is 53.7 Å². The molecule has 0 aromatic carbocycles.